The molecular weight excluding hydrogens is 286 g/mol. The number of carboxylic acid groups (broad SMARTS) is 1. The second kappa shape index (κ2) is 4.56. The number of anilines is 1. The second-order valence-corrected chi connectivity index (χ2v) is 5.09. The van der Waals surface area contributed by atoms with Gasteiger partial charge in [0.25, 0.3) is 0 Å². The van der Waals surface area contributed by atoms with Crippen LogP contribution >= 0.6 is 15.9 Å². The van der Waals surface area contributed by atoms with E-state index in [1.807, 2.05) is 30.1 Å². The molecular formula is C12H14BrNO3. The van der Waals surface area contributed by atoms with Gasteiger partial charge in [-0.05, 0) is 24.6 Å². The van der Waals surface area contributed by atoms with E-state index in [1.54, 1.807) is 7.11 Å². The molecule has 0 saturated heterocycles. The summed E-state index contributed by atoms with van der Waals surface area (Å²) in [6.45, 7) is 0. The van der Waals surface area contributed by atoms with Crippen LogP contribution in [0.3, 0.4) is 0 Å². The van der Waals surface area contributed by atoms with Crippen molar-refractivity contribution in [3.8, 4) is 5.75 Å². The first-order chi connectivity index (χ1) is 8.04. The van der Waals surface area contributed by atoms with Gasteiger partial charge in [0, 0.05) is 17.6 Å². The van der Waals surface area contributed by atoms with Crippen LogP contribution in [-0.4, -0.2) is 31.3 Å². The molecule has 0 aromatic heterocycles. The standard InChI is InChI=1S/C12H14BrNO3/c1-14(9-6-8(9)12(15)16)10-5-7(13)3-4-11(10)17-2/h3-5,8-9H,6H2,1-2H3,(H,15,16). The largest absolute Gasteiger partial charge is 0.495 e. The highest BCUT2D eigenvalue weighted by molar-refractivity contribution is 9.10. The summed E-state index contributed by atoms with van der Waals surface area (Å²) in [5.41, 5.74) is 0.913. The molecule has 0 heterocycles. The minimum Gasteiger partial charge on any atom is -0.495 e. The van der Waals surface area contributed by atoms with Gasteiger partial charge in [-0.3, -0.25) is 4.79 Å². The molecule has 2 rings (SSSR count). The molecule has 17 heavy (non-hydrogen) atoms. The number of carboxylic acids is 1. The van der Waals surface area contributed by atoms with Crippen molar-refractivity contribution in [1.29, 1.82) is 0 Å². The molecule has 0 spiro atoms. The van der Waals surface area contributed by atoms with E-state index in [9.17, 15) is 4.79 Å². The Labute approximate surface area is 108 Å². The van der Waals surface area contributed by atoms with E-state index in [1.165, 1.54) is 0 Å². The maximum atomic E-state index is 10.9. The van der Waals surface area contributed by atoms with Gasteiger partial charge in [-0.1, -0.05) is 15.9 Å². The fourth-order valence-corrected chi connectivity index (χ4v) is 2.34. The molecule has 1 aliphatic carbocycles. The number of benzene rings is 1. The molecule has 0 amide bonds. The van der Waals surface area contributed by atoms with Gasteiger partial charge in [0.1, 0.15) is 5.75 Å². The molecule has 1 aliphatic rings. The first kappa shape index (κ1) is 12.2. The third-order valence-electron chi connectivity index (χ3n) is 3.09. The zero-order valence-electron chi connectivity index (χ0n) is 9.68. The predicted molar refractivity (Wildman–Crippen MR) is 68.6 cm³/mol. The maximum absolute atomic E-state index is 10.9. The van der Waals surface area contributed by atoms with Crippen LogP contribution in [0.25, 0.3) is 0 Å². The molecule has 4 nitrogen and oxygen atoms in total. The summed E-state index contributed by atoms with van der Waals surface area (Å²) < 4.78 is 6.24. The van der Waals surface area contributed by atoms with Crippen LogP contribution in [0.1, 0.15) is 6.42 Å². The quantitative estimate of drug-likeness (QED) is 0.927. The molecule has 0 bridgehead atoms. The second-order valence-electron chi connectivity index (χ2n) is 4.17. The van der Waals surface area contributed by atoms with Crippen molar-refractivity contribution in [3.05, 3.63) is 22.7 Å². The van der Waals surface area contributed by atoms with Gasteiger partial charge in [-0.25, -0.2) is 0 Å². The summed E-state index contributed by atoms with van der Waals surface area (Å²) in [5.74, 6) is -0.230. The smallest absolute Gasteiger partial charge is 0.308 e. The van der Waals surface area contributed by atoms with Crippen LogP contribution in [0.4, 0.5) is 5.69 Å². The van der Waals surface area contributed by atoms with Crippen molar-refractivity contribution in [2.24, 2.45) is 5.92 Å². The number of hydrogen-bond donors (Lipinski definition) is 1. The number of methoxy groups -OCH3 is 1. The number of nitrogens with zero attached hydrogens (tertiary/aromatic N) is 1. The number of carbonyl (C=O) groups is 1. The zero-order chi connectivity index (χ0) is 12.6. The average Bonchev–Trinajstić information content (AvgIpc) is 3.08. The third-order valence-corrected chi connectivity index (χ3v) is 3.59. The third kappa shape index (κ3) is 2.39. The molecule has 1 aromatic rings. The number of aliphatic carboxylic acids is 1. The van der Waals surface area contributed by atoms with Crippen molar-refractivity contribution < 1.29 is 14.6 Å². The summed E-state index contributed by atoms with van der Waals surface area (Å²) in [6, 6.07) is 5.78. The Hall–Kier alpha value is -1.23. The number of ether oxygens (including phenoxy) is 1. The minimum atomic E-state index is -0.726. The molecule has 92 valence electrons. The lowest BCUT2D eigenvalue weighted by atomic mass is 10.2. The monoisotopic (exact) mass is 299 g/mol. The molecule has 0 aliphatic heterocycles. The van der Waals surface area contributed by atoms with Gasteiger partial charge >= 0.3 is 5.97 Å². The van der Waals surface area contributed by atoms with Gasteiger partial charge in [0.15, 0.2) is 0 Å². The molecule has 5 heteroatoms. The van der Waals surface area contributed by atoms with Crippen LogP contribution in [0.5, 0.6) is 5.75 Å². The maximum Gasteiger partial charge on any atom is 0.308 e. The Bertz CT molecular complexity index is 449. The average molecular weight is 300 g/mol. The summed E-state index contributed by atoms with van der Waals surface area (Å²) in [4.78, 5) is 12.8. The van der Waals surface area contributed by atoms with E-state index in [0.717, 1.165) is 15.9 Å². The highest BCUT2D eigenvalue weighted by Gasteiger charge is 2.46. The minimum absolute atomic E-state index is 0.0655. The van der Waals surface area contributed by atoms with E-state index in [-0.39, 0.29) is 12.0 Å². The van der Waals surface area contributed by atoms with Crippen molar-refractivity contribution >= 4 is 27.6 Å². The van der Waals surface area contributed by atoms with Crippen LogP contribution in [0.2, 0.25) is 0 Å². The number of rotatable bonds is 4. The van der Waals surface area contributed by atoms with E-state index in [4.69, 9.17) is 9.84 Å². The SMILES string of the molecule is COc1ccc(Br)cc1N(C)C1CC1C(=O)O. The Morgan fingerprint density at radius 1 is 1.59 bits per heavy atom. The highest BCUT2D eigenvalue weighted by Crippen LogP contribution is 2.41. The molecule has 1 saturated carbocycles. The molecule has 2 unspecified atom stereocenters. The lowest BCUT2D eigenvalue weighted by molar-refractivity contribution is -0.138. The van der Waals surface area contributed by atoms with Crippen molar-refractivity contribution in [2.75, 3.05) is 19.1 Å². The molecule has 1 N–H and O–H groups in total. The summed E-state index contributed by atoms with van der Waals surface area (Å²) in [5, 5.41) is 8.93. The summed E-state index contributed by atoms with van der Waals surface area (Å²) in [7, 11) is 3.51. The van der Waals surface area contributed by atoms with Crippen LogP contribution < -0.4 is 9.64 Å². The first-order valence-electron chi connectivity index (χ1n) is 5.33. The molecule has 2 atom stereocenters. The van der Waals surface area contributed by atoms with Crippen molar-refractivity contribution in [2.45, 2.75) is 12.5 Å². The van der Waals surface area contributed by atoms with Gasteiger partial charge < -0.3 is 14.7 Å². The van der Waals surface area contributed by atoms with Crippen molar-refractivity contribution in [3.63, 3.8) is 0 Å². The summed E-state index contributed by atoms with van der Waals surface area (Å²) in [6.07, 6.45) is 0.696. The van der Waals surface area contributed by atoms with Gasteiger partial charge in [-0.2, -0.15) is 0 Å². The topological polar surface area (TPSA) is 49.8 Å². The Morgan fingerprint density at radius 2 is 2.29 bits per heavy atom. The molecule has 0 radical (unpaired) electrons. The fraction of sp³-hybridized carbons (Fsp3) is 0.417. The van der Waals surface area contributed by atoms with Crippen LogP contribution in [0.15, 0.2) is 22.7 Å². The Morgan fingerprint density at radius 3 is 2.82 bits per heavy atom. The highest BCUT2D eigenvalue weighted by atomic mass is 79.9. The van der Waals surface area contributed by atoms with Gasteiger partial charge in [0.2, 0.25) is 0 Å². The zero-order valence-corrected chi connectivity index (χ0v) is 11.3. The van der Waals surface area contributed by atoms with E-state index in [0.29, 0.717) is 6.42 Å². The van der Waals surface area contributed by atoms with E-state index < -0.39 is 5.97 Å². The Balaban J connectivity index is 2.22. The van der Waals surface area contributed by atoms with Crippen LogP contribution in [-0.2, 0) is 4.79 Å². The van der Waals surface area contributed by atoms with E-state index in [2.05, 4.69) is 15.9 Å². The number of halogens is 1. The van der Waals surface area contributed by atoms with Crippen LogP contribution in [0, 0.1) is 5.92 Å². The Kier molecular flexibility index (Phi) is 3.28. The van der Waals surface area contributed by atoms with Gasteiger partial charge in [0.05, 0.1) is 18.7 Å². The molecule has 1 aromatic carbocycles. The van der Waals surface area contributed by atoms with E-state index >= 15 is 0 Å². The lowest BCUT2D eigenvalue weighted by Gasteiger charge is -2.22. The summed E-state index contributed by atoms with van der Waals surface area (Å²) >= 11 is 3.41. The van der Waals surface area contributed by atoms with Gasteiger partial charge in [-0.15, -0.1) is 0 Å². The van der Waals surface area contributed by atoms with Crippen molar-refractivity contribution in [1.82, 2.24) is 0 Å². The normalized spacial score (nSPS) is 22.1. The predicted octanol–water partition coefficient (Wildman–Crippen LogP) is 2.37. The molecule has 1 fully saturated rings. The fourth-order valence-electron chi connectivity index (χ4n) is 1.99. The first-order valence-corrected chi connectivity index (χ1v) is 6.13. The number of hydrogen-bond acceptors (Lipinski definition) is 3. The lowest BCUT2D eigenvalue weighted by Crippen LogP contribution is -2.24.